The van der Waals surface area contributed by atoms with E-state index >= 15 is 0 Å². The standard InChI is InChI=1S/C21H20BrFN2O3/c1-3-28-20(26)18-13(2)25(12-14-7-5-4-6-8-14)21(27)24-19(18)16-11-15(22)9-10-17(16)23/h4-11,19H,3,12H2,1-2H3,(H,24,27). The van der Waals surface area contributed by atoms with Gasteiger partial charge >= 0.3 is 12.0 Å². The number of nitrogens with one attached hydrogen (secondary N) is 1. The van der Waals surface area contributed by atoms with Crippen molar-refractivity contribution in [1.82, 2.24) is 10.2 Å². The molecule has 1 aliphatic heterocycles. The molecule has 1 heterocycles. The van der Waals surface area contributed by atoms with Crippen molar-refractivity contribution in [3.05, 3.63) is 81.2 Å². The predicted molar refractivity (Wildman–Crippen MR) is 107 cm³/mol. The van der Waals surface area contributed by atoms with Crippen LogP contribution in [0.25, 0.3) is 0 Å². The molecule has 7 heteroatoms. The molecule has 1 N–H and O–H groups in total. The molecule has 28 heavy (non-hydrogen) atoms. The number of allylic oxidation sites excluding steroid dienone is 1. The molecule has 1 atom stereocenters. The van der Waals surface area contributed by atoms with Gasteiger partial charge in [-0.3, -0.25) is 4.90 Å². The number of rotatable bonds is 5. The number of urea groups is 1. The highest BCUT2D eigenvalue weighted by Gasteiger charge is 2.37. The second-order valence-corrected chi connectivity index (χ2v) is 7.26. The van der Waals surface area contributed by atoms with Crippen LogP contribution < -0.4 is 5.32 Å². The molecule has 146 valence electrons. The van der Waals surface area contributed by atoms with Crippen molar-refractivity contribution in [2.45, 2.75) is 26.4 Å². The first kappa shape index (κ1) is 20.1. The number of nitrogens with zero attached hydrogens (tertiary/aromatic N) is 1. The van der Waals surface area contributed by atoms with Gasteiger partial charge in [0.25, 0.3) is 0 Å². The highest BCUT2D eigenvalue weighted by Crippen LogP contribution is 2.34. The highest BCUT2D eigenvalue weighted by atomic mass is 79.9. The van der Waals surface area contributed by atoms with E-state index in [1.54, 1.807) is 26.0 Å². The van der Waals surface area contributed by atoms with Crippen LogP contribution in [0.2, 0.25) is 0 Å². The van der Waals surface area contributed by atoms with Gasteiger partial charge in [0.1, 0.15) is 5.82 Å². The van der Waals surface area contributed by atoms with E-state index in [0.717, 1.165) is 5.56 Å². The van der Waals surface area contributed by atoms with Crippen LogP contribution in [0.1, 0.15) is 31.0 Å². The zero-order valence-corrected chi connectivity index (χ0v) is 17.1. The number of hydrogen-bond acceptors (Lipinski definition) is 3. The Labute approximate surface area is 171 Å². The van der Waals surface area contributed by atoms with Crippen LogP contribution >= 0.6 is 15.9 Å². The van der Waals surface area contributed by atoms with Gasteiger partial charge in [-0.25, -0.2) is 14.0 Å². The number of amides is 2. The molecule has 1 aliphatic rings. The minimum atomic E-state index is -0.934. The van der Waals surface area contributed by atoms with E-state index in [9.17, 15) is 14.0 Å². The van der Waals surface area contributed by atoms with Gasteiger partial charge in [-0.05, 0) is 37.6 Å². The molecule has 0 fully saturated rings. The highest BCUT2D eigenvalue weighted by molar-refractivity contribution is 9.10. The maximum Gasteiger partial charge on any atom is 0.338 e. The van der Waals surface area contributed by atoms with Crippen molar-refractivity contribution in [3.8, 4) is 0 Å². The Kier molecular flexibility index (Phi) is 6.14. The molecule has 0 aromatic heterocycles. The molecule has 0 saturated carbocycles. The van der Waals surface area contributed by atoms with Gasteiger partial charge in [-0.2, -0.15) is 0 Å². The summed E-state index contributed by atoms with van der Waals surface area (Å²) < 4.78 is 20.4. The fourth-order valence-electron chi connectivity index (χ4n) is 3.18. The molecule has 0 bridgehead atoms. The number of carbonyl (C=O) groups excluding carboxylic acids is 2. The molecule has 3 rings (SSSR count). The zero-order valence-electron chi connectivity index (χ0n) is 15.5. The van der Waals surface area contributed by atoms with Crippen molar-refractivity contribution in [3.63, 3.8) is 0 Å². The smallest absolute Gasteiger partial charge is 0.338 e. The quantitative estimate of drug-likeness (QED) is 0.677. The topological polar surface area (TPSA) is 58.6 Å². The maximum atomic E-state index is 14.5. The third-order valence-electron chi connectivity index (χ3n) is 4.54. The van der Waals surface area contributed by atoms with Gasteiger partial charge in [-0.15, -0.1) is 0 Å². The molecular weight excluding hydrogens is 427 g/mol. The lowest BCUT2D eigenvalue weighted by molar-refractivity contribution is -0.139. The summed E-state index contributed by atoms with van der Waals surface area (Å²) in [4.78, 5) is 27.0. The van der Waals surface area contributed by atoms with Gasteiger partial charge in [0.2, 0.25) is 0 Å². The van der Waals surface area contributed by atoms with E-state index < -0.39 is 23.9 Å². The summed E-state index contributed by atoms with van der Waals surface area (Å²) in [5, 5.41) is 2.76. The number of benzene rings is 2. The second kappa shape index (κ2) is 8.56. The first-order chi connectivity index (χ1) is 13.4. The van der Waals surface area contributed by atoms with Crippen LogP contribution in [0.15, 0.2) is 64.3 Å². The van der Waals surface area contributed by atoms with E-state index in [4.69, 9.17) is 4.74 Å². The SMILES string of the molecule is CCOC(=O)C1=C(C)N(Cc2ccccc2)C(=O)NC1c1cc(Br)ccc1F. The van der Waals surface area contributed by atoms with E-state index in [0.29, 0.717) is 10.2 Å². The van der Waals surface area contributed by atoms with E-state index in [1.165, 1.54) is 11.0 Å². The molecule has 0 saturated heterocycles. The van der Waals surface area contributed by atoms with Crippen molar-refractivity contribution >= 4 is 27.9 Å². The number of esters is 1. The summed E-state index contributed by atoms with van der Waals surface area (Å²) in [6.45, 7) is 3.84. The molecule has 2 amide bonds. The lowest BCUT2D eigenvalue weighted by Gasteiger charge is -2.35. The van der Waals surface area contributed by atoms with Gasteiger partial charge in [0, 0.05) is 15.7 Å². The average Bonchev–Trinajstić information content (AvgIpc) is 2.67. The van der Waals surface area contributed by atoms with Crippen molar-refractivity contribution in [1.29, 1.82) is 0 Å². The third-order valence-corrected chi connectivity index (χ3v) is 5.04. The predicted octanol–water partition coefficient (Wildman–Crippen LogP) is 4.69. The summed E-state index contributed by atoms with van der Waals surface area (Å²) in [6.07, 6.45) is 0. The van der Waals surface area contributed by atoms with Crippen molar-refractivity contribution in [2.24, 2.45) is 0 Å². The lowest BCUT2D eigenvalue weighted by Crippen LogP contribution is -2.47. The summed E-state index contributed by atoms with van der Waals surface area (Å²) >= 11 is 3.31. The molecule has 0 spiro atoms. The van der Waals surface area contributed by atoms with E-state index in [1.807, 2.05) is 30.3 Å². The fraction of sp³-hybridized carbons (Fsp3) is 0.238. The Balaban J connectivity index is 2.07. The molecule has 1 unspecified atom stereocenters. The van der Waals surface area contributed by atoms with Crippen molar-refractivity contribution < 1.29 is 18.7 Å². The van der Waals surface area contributed by atoms with Gasteiger partial charge in [0.05, 0.1) is 24.8 Å². The number of halogens is 2. The number of hydrogen-bond donors (Lipinski definition) is 1. The molecule has 2 aromatic rings. The molecule has 0 radical (unpaired) electrons. The summed E-state index contributed by atoms with van der Waals surface area (Å²) in [6, 6.07) is 12.5. The minimum Gasteiger partial charge on any atom is -0.463 e. The first-order valence-electron chi connectivity index (χ1n) is 8.87. The van der Waals surface area contributed by atoms with Crippen LogP contribution in [0.5, 0.6) is 0 Å². The van der Waals surface area contributed by atoms with Crippen LogP contribution in [0.4, 0.5) is 9.18 Å². The monoisotopic (exact) mass is 446 g/mol. The Morgan fingerprint density at radius 3 is 2.64 bits per heavy atom. The second-order valence-electron chi connectivity index (χ2n) is 6.34. The molecular formula is C21H20BrFN2O3. The van der Waals surface area contributed by atoms with Crippen LogP contribution in [-0.4, -0.2) is 23.5 Å². The number of ether oxygens (including phenoxy) is 1. The van der Waals surface area contributed by atoms with E-state index in [2.05, 4.69) is 21.2 Å². The normalized spacial score (nSPS) is 16.8. The minimum absolute atomic E-state index is 0.177. The van der Waals surface area contributed by atoms with Gasteiger partial charge < -0.3 is 10.1 Å². The Bertz CT molecular complexity index is 931. The zero-order chi connectivity index (χ0) is 20.3. The Hall–Kier alpha value is -2.67. The molecule has 2 aromatic carbocycles. The van der Waals surface area contributed by atoms with E-state index in [-0.39, 0.29) is 24.3 Å². The van der Waals surface area contributed by atoms with Gasteiger partial charge in [-0.1, -0.05) is 46.3 Å². The molecule has 0 aliphatic carbocycles. The summed E-state index contributed by atoms with van der Waals surface area (Å²) in [5.41, 5.74) is 1.77. The average molecular weight is 447 g/mol. The first-order valence-corrected chi connectivity index (χ1v) is 9.66. The Morgan fingerprint density at radius 1 is 1.25 bits per heavy atom. The lowest BCUT2D eigenvalue weighted by atomic mass is 9.94. The fourth-order valence-corrected chi connectivity index (χ4v) is 3.56. The van der Waals surface area contributed by atoms with Crippen LogP contribution in [0, 0.1) is 5.82 Å². The Morgan fingerprint density at radius 2 is 1.96 bits per heavy atom. The maximum absolute atomic E-state index is 14.5. The summed E-state index contributed by atoms with van der Waals surface area (Å²) in [7, 11) is 0. The molecule has 5 nitrogen and oxygen atoms in total. The summed E-state index contributed by atoms with van der Waals surface area (Å²) in [5.74, 6) is -1.10. The number of carbonyl (C=O) groups is 2. The van der Waals surface area contributed by atoms with Crippen LogP contribution in [-0.2, 0) is 16.1 Å². The van der Waals surface area contributed by atoms with Crippen molar-refractivity contribution in [2.75, 3.05) is 6.61 Å². The largest absolute Gasteiger partial charge is 0.463 e. The van der Waals surface area contributed by atoms with Crippen LogP contribution in [0.3, 0.4) is 0 Å². The third kappa shape index (κ3) is 4.09. The van der Waals surface area contributed by atoms with Gasteiger partial charge in [0.15, 0.2) is 0 Å².